The Bertz CT molecular complexity index is 349. The van der Waals surface area contributed by atoms with Crippen LogP contribution < -0.4 is 4.52 Å². The molecule has 0 radical (unpaired) electrons. The highest BCUT2D eigenvalue weighted by Gasteiger charge is 2.18. The summed E-state index contributed by atoms with van der Waals surface area (Å²) in [5.41, 5.74) is 0.954. The van der Waals surface area contributed by atoms with E-state index in [4.69, 9.17) is 4.52 Å². The standard InChI is InChI=1S/C10H15O3P/c1-3-9-7-5-6-8-10(9)13-14(11,12)4-2/h5-8H,3-4H2,1-2H3,(H,11,12). The van der Waals surface area contributed by atoms with Crippen molar-refractivity contribution in [3.8, 4) is 5.75 Å². The monoisotopic (exact) mass is 214 g/mol. The second kappa shape index (κ2) is 4.63. The molecule has 1 aromatic carbocycles. The number of rotatable bonds is 4. The van der Waals surface area contributed by atoms with Gasteiger partial charge >= 0.3 is 7.60 Å². The molecule has 0 saturated carbocycles. The van der Waals surface area contributed by atoms with Crippen molar-refractivity contribution in [2.45, 2.75) is 20.3 Å². The molecule has 1 unspecified atom stereocenters. The van der Waals surface area contributed by atoms with Crippen LogP contribution in [0.4, 0.5) is 0 Å². The summed E-state index contributed by atoms with van der Waals surface area (Å²) in [6, 6.07) is 7.30. The van der Waals surface area contributed by atoms with Gasteiger partial charge in [-0.2, -0.15) is 0 Å². The van der Waals surface area contributed by atoms with E-state index in [0.717, 1.165) is 12.0 Å². The van der Waals surface area contributed by atoms with Crippen molar-refractivity contribution in [1.82, 2.24) is 0 Å². The van der Waals surface area contributed by atoms with Crippen molar-refractivity contribution in [2.24, 2.45) is 0 Å². The lowest BCUT2D eigenvalue weighted by Crippen LogP contribution is -1.96. The summed E-state index contributed by atoms with van der Waals surface area (Å²) in [6.07, 6.45) is 0.922. The maximum atomic E-state index is 11.4. The molecule has 1 rings (SSSR count). The quantitative estimate of drug-likeness (QED) is 0.784. The van der Waals surface area contributed by atoms with Crippen LogP contribution in [0.1, 0.15) is 19.4 Å². The van der Waals surface area contributed by atoms with Crippen LogP contribution in [0.25, 0.3) is 0 Å². The van der Waals surface area contributed by atoms with E-state index in [2.05, 4.69) is 0 Å². The van der Waals surface area contributed by atoms with Crippen LogP contribution in [0.15, 0.2) is 24.3 Å². The first-order valence-electron chi connectivity index (χ1n) is 4.68. The molecule has 0 spiro atoms. The highest BCUT2D eigenvalue weighted by Crippen LogP contribution is 2.42. The van der Waals surface area contributed by atoms with Gasteiger partial charge in [0.05, 0.1) is 6.16 Å². The topological polar surface area (TPSA) is 46.5 Å². The molecule has 0 aliphatic carbocycles. The second-order valence-electron chi connectivity index (χ2n) is 3.01. The molecule has 1 N–H and O–H groups in total. The summed E-state index contributed by atoms with van der Waals surface area (Å²) in [5.74, 6) is 0.516. The van der Waals surface area contributed by atoms with Gasteiger partial charge in [-0.15, -0.1) is 0 Å². The Hall–Kier alpha value is -0.790. The average Bonchev–Trinajstić information content (AvgIpc) is 2.18. The van der Waals surface area contributed by atoms with Gasteiger partial charge in [-0.3, -0.25) is 0 Å². The van der Waals surface area contributed by atoms with Crippen molar-refractivity contribution >= 4 is 7.60 Å². The SMILES string of the molecule is CCc1ccccc1OP(=O)(O)CC. The summed E-state index contributed by atoms with van der Waals surface area (Å²) in [7, 11) is -3.44. The molecule has 0 aromatic heterocycles. The van der Waals surface area contributed by atoms with Gasteiger partial charge < -0.3 is 9.42 Å². The zero-order valence-corrected chi connectivity index (χ0v) is 9.33. The van der Waals surface area contributed by atoms with Crippen molar-refractivity contribution in [3.05, 3.63) is 29.8 Å². The summed E-state index contributed by atoms with van der Waals surface area (Å²) < 4.78 is 16.4. The van der Waals surface area contributed by atoms with Gasteiger partial charge in [0.15, 0.2) is 0 Å². The normalized spacial score (nSPS) is 14.8. The van der Waals surface area contributed by atoms with E-state index < -0.39 is 7.60 Å². The van der Waals surface area contributed by atoms with E-state index in [9.17, 15) is 9.46 Å². The van der Waals surface area contributed by atoms with E-state index in [1.165, 1.54) is 0 Å². The van der Waals surface area contributed by atoms with Gasteiger partial charge in [-0.25, -0.2) is 4.57 Å². The molecule has 0 heterocycles. The molecule has 4 heteroatoms. The zero-order chi connectivity index (χ0) is 10.6. The maximum absolute atomic E-state index is 11.4. The Labute approximate surface area is 84.3 Å². The van der Waals surface area contributed by atoms with Gasteiger partial charge in [0.2, 0.25) is 0 Å². The molecule has 0 bridgehead atoms. The molecular weight excluding hydrogens is 199 g/mol. The van der Waals surface area contributed by atoms with Gasteiger partial charge in [0.1, 0.15) is 5.75 Å². The van der Waals surface area contributed by atoms with Crippen molar-refractivity contribution in [1.29, 1.82) is 0 Å². The molecule has 1 aromatic rings. The first-order chi connectivity index (χ1) is 6.59. The van der Waals surface area contributed by atoms with Crippen LogP contribution in [0.2, 0.25) is 0 Å². The molecule has 0 saturated heterocycles. The van der Waals surface area contributed by atoms with Gasteiger partial charge in [-0.05, 0) is 18.1 Å². The summed E-state index contributed by atoms with van der Waals surface area (Å²) in [5, 5.41) is 0. The van der Waals surface area contributed by atoms with E-state index in [-0.39, 0.29) is 6.16 Å². The molecule has 14 heavy (non-hydrogen) atoms. The highest BCUT2D eigenvalue weighted by molar-refractivity contribution is 7.53. The van der Waals surface area contributed by atoms with Crippen LogP contribution >= 0.6 is 7.60 Å². The molecule has 78 valence electrons. The summed E-state index contributed by atoms with van der Waals surface area (Å²) in [4.78, 5) is 9.33. The third-order valence-electron chi connectivity index (χ3n) is 1.99. The third-order valence-corrected chi connectivity index (χ3v) is 3.28. The second-order valence-corrected chi connectivity index (χ2v) is 5.10. The third kappa shape index (κ3) is 2.86. The number of aryl methyl sites for hydroxylation is 1. The molecule has 0 aliphatic rings. The van der Waals surface area contributed by atoms with Gasteiger partial charge in [0.25, 0.3) is 0 Å². The minimum Gasteiger partial charge on any atom is -0.424 e. The average molecular weight is 214 g/mol. The Morgan fingerprint density at radius 1 is 1.36 bits per heavy atom. The Morgan fingerprint density at radius 3 is 2.57 bits per heavy atom. The first-order valence-corrected chi connectivity index (χ1v) is 6.44. The zero-order valence-electron chi connectivity index (χ0n) is 8.43. The minimum atomic E-state index is -3.44. The Morgan fingerprint density at radius 2 is 2.00 bits per heavy atom. The molecule has 0 amide bonds. The minimum absolute atomic E-state index is 0.130. The lowest BCUT2D eigenvalue weighted by atomic mass is 10.1. The van der Waals surface area contributed by atoms with Crippen molar-refractivity contribution < 1.29 is 14.0 Å². The van der Waals surface area contributed by atoms with E-state index >= 15 is 0 Å². The smallest absolute Gasteiger partial charge is 0.376 e. The number of hydrogen-bond donors (Lipinski definition) is 1. The predicted molar refractivity (Wildman–Crippen MR) is 56.8 cm³/mol. The van der Waals surface area contributed by atoms with E-state index in [1.807, 2.05) is 19.1 Å². The van der Waals surface area contributed by atoms with Crippen molar-refractivity contribution in [3.63, 3.8) is 0 Å². The fourth-order valence-electron chi connectivity index (χ4n) is 1.10. The highest BCUT2D eigenvalue weighted by atomic mass is 31.2. The number of para-hydroxylation sites is 1. The molecule has 0 fully saturated rings. The summed E-state index contributed by atoms with van der Waals surface area (Å²) in [6.45, 7) is 3.62. The largest absolute Gasteiger partial charge is 0.424 e. The van der Waals surface area contributed by atoms with Crippen LogP contribution in [0.5, 0.6) is 5.75 Å². The van der Waals surface area contributed by atoms with Crippen LogP contribution in [0.3, 0.4) is 0 Å². The maximum Gasteiger partial charge on any atom is 0.376 e. The van der Waals surface area contributed by atoms with Gasteiger partial charge in [-0.1, -0.05) is 32.0 Å². The van der Waals surface area contributed by atoms with Gasteiger partial charge in [0, 0.05) is 0 Å². The molecule has 1 atom stereocenters. The van der Waals surface area contributed by atoms with Crippen LogP contribution in [0, 0.1) is 0 Å². The first kappa shape index (κ1) is 11.3. The molecule has 3 nitrogen and oxygen atoms in total. The predicted octanol–water partition coefficient (Wildman–Crippen LogP) is 2.83. The lowest BCUT2D eigenvalue weighted by Gasteiger charge is -2.13. The van der Waals surface area contributed by atoms with Crippen LogP contribution in [-0.2, 0) is 11.0 Å². The molecule has 0 aliphatic heterocycles. The Balaban J connectivity index is 2.91. The van der Waals surface area contributed by atoms with Crippen LogP contribution in [-0.4, -0.2) is 11.1 Å². The van der Waals surface area contributed by atoms with Crippen molar-refractivity contribution in [2.75, 3.05) is 6.16 Å². The number of benzene rings is 1. The fraction of sp³-hybridized carbons (Fsp3) is 0.400. The number of hydrogen-bond acceptors (Lipinski definition) is 2. The fourth-order valence-corrected chi connectivity index (χ4v) is 1.72. The summed E-state index contributed by atoms with van der Waals surface area (Å²) >= 11 is 0. The Kier molecular flexibility index (Phi) is 3.73. The molecular formula is C10H15O3P. The van der Waals surface area contributed by atoms with E-state index in [1.54, 1.807) is 19.1 Å². The lowest BCUT2D eigenvalue weighted by molar-refractivity contribution is 0.380. The van der Waals surface area contributed by atoms with E-state index in [0.29, 0.717) is 5.75 Å².